The molecule has 0 spiro atoms. The van der Waals surface area contributed by atoms with E-state index in [2.05, 4.69) is 43.9 Å². The van der Waals surface area contributed by atoms with Crippen molar-refractivity contribution in [3.05, 3.63) is 36.0 Å². The van der Waals surface area contributed by atoms with Crippen molar-refractivity contribution < 1.29 is 10.2 Å². The third-order valence-electron chi connectivity index (χ3n) is 9.33. The molecule has 0 radical (unpaired) electrons. The molecule has 7 atom stereocenters. The summed E-state index contributed by atoms with van der Waals surface area (Å²) in [5.41, 5.74) is 0.843. The molecule has 0 aromatic heterocycles. The molecule has 0 amide bonds. The normalized spacial score (nSPS) is 49.6. The summed E-state index contributed by atoms with van der Waals surface area (Å²) in [6.07, 6.45) is 18.9. The first-order chi connectivity index (χ1) is 13.3. The second kappa shape index (κ2) is 6.35. The molecule has 0 aromatic rings. The van der Waals surface area contributed by atoms with E-state index >= 15 is 0 Å². The Bertz CT molecular complexity index is 798. The average molecular weight is 379 g/mol. The molecule has 3 fully saturated rings. The number of rotatable bonds is 0. The van der Waals surface area contributed by atoms with E-state index in [1.54, 1.807) is 0 Å². The second-order valence-electron chi connectivity index (χ2n) is 10.6. The predicted octanol–water partition coefficient (Wildman–Crippen LogP) is 4.79. The summed E-state index contributed by atoms with van der Waals surface area (Å²) in [6, 6.07) is 0. The molecule has 2 nitrogen and oxygen atoms in total. The Morgan fingerprint density at radius 3 is 2.54 bits per heavy atom. The van der Waals surface area contributed by atoms with Crippen molar-refractivity contribution in [3.8, 4) is 11.8 Å². The summed E-state index contributed by atoms with van der Waals surface area (Å²) in [5.74, 6) is 8.73. The molecule has 150 valence electrons. The molecule has 1 unspecified atom stereocenters. The average Bonchev–Trinajstić information content (AvgIpc) is 3.29. The van der Waals surface area contributed by atoms with Crippen LogP contribution in [0.15, 0.2) is 36.0 Å². The van der Waals surface area contributed by atoms with Crippen LogP contribution in [0.2, 0.25) is 0 Å². The minimum atomic E-state index is -0.960. The highest BCUT2D eigenvalue weighted by atomic mass is 16.3. The van der Waals surface area contributed by atoms with Crippen LogP contribution >= 0.6 is 0 Å². The van der Waals surface area contributed by atoms with Crippen LogP contribution in [-0.2, 0) is 0 Å². The molecule has 2 heteroatoms. The smallest absolute Gasteiger partial charge is 0.144 e. The van der Waals surface area contributed by atoms with Gasteiger partial charge in [0.15, 0.2) is 0 Å². The summed E-state index contributed by atoms with van der Waals surface area (Å²) < 4.78 is 0. The van der Waals surface area contributed by atoms with Gasteiger partial charge < -0.3 is 10.2 Å². The molecule has 2 N–H and O–H groups in total. The number of hydrogen-bond acceptors (Lipinski definition) is 2. The summed E-state index contributed by atoms with van der Waals surface area (Å²) in [5, 5.41) is 21.8. The van der Waals surface area contributed by atoms with Crippen molar-refractivity contribution in [1.29, 1.82) is 0 Å². The van der Waals surface area contributed by atoms with Gasteiger partial charge in [-0.1, -0.05) is 55.6 Å². The van der Waals surface area contributed by atoms with Crippen LogP contribution in [-0.4, -0.2) is 21.9 Å². The van der Waals surface area contributed by atoms with Gasteiger partial charge >= 0.3 is 0 Å². The van der Waals surface area contributed by atoms with E-state index < -0.39 is 5.60 Å². The van der Waals surface area contributed by atoms with Crippen LogP contribution in [0.4, 0.5) is 0 Å². The highest BCUT2D eigenvalue weighted by Gasteiger charge is 2.59. The first-order valence-corrected chi connectivity index (χ1v) is 11.3. The van der Waals surface area contributed by atoms with Crippen molar-refractivity contribution in [2.75, 3.05) is 0 Å². The van der Waals surface area contributed by atoms with E-state index in [1.807, 2.05) is 12.2 Å². The molecule has 0 saturated heterocycles. The number of aliphatic hydroxyl groups is 2. The maximum Gasteiger partial charge on any atom is 0.144 e. The molecule has 0 heterocycles. The third-order valence-corrected chi connectivity index (χ3v) is 9.33. The van der Waals surface area contributed by atoms with E-state index in [-0.39, 0.29) is 22.9 Å². The summed E-state index contributed by atoms with van der Waals surface area (Å²) in [4.78, 5) is 0. The Kier molecular flexibility index (Phi) is 4.24. The molecule has 28 heavy (non-hydrogen) atoms. The van der Waals surface area contributed by atoms with E-state index in [1.165, 1.54) is 24.8 Å². The lowest BCUT2D eigenvalue weighted by Crippen LogP contribution is -2.52. The molecule has 5 aliphatic carbocycles. The van der Waals surface area contributed by atoms with Crippen LogP contribution in [0, 0.1) is 46.3 Å². The van der Waals surface area contributed by atoms with Crippen molar-refractivity contribution in [1.82, 2.24) is 0 Å². The molecule has 0 bridgehead atoms. The number of fused-ring (bicyclic) bond motifs is 5. The Balaban J connectivity index is 1.41. The first kappa shape index (κ1) is 18.7. The Morgan fingerprint density at radius 2 is 1.75 bits per heavy atom. The van der Waals surface area contributed by atoms with Gasteiger partial charge in [0.25, 0.3) is 0 Å². The van der Waals surface area contributed by atoms with Crippen LogP contribution in [0.3, 0.4) is 0 Å². The fraction of sp³-hybridized carbons (Fsp3) is 0.692. The quantitative estimate of drug-likeness (QED) is 0.470. The zero-order valence-electron chi connectivity index (χ0n) is 17.3. The second-order valence-corrected chi connectivity index (χ2v) is 10.6. The van der Waals surface area contributed by atoms with E-state index in [0.29, 0.717) is 11.8 Å². The summed E-state index contributed by atoms with van der Waals surface area (Å²) >= 11 is 0. The lowest BCUT2D eigenvalue weighted by Gasteiger charge is -2.58. The topological polar surface area (TPSA) is 40.5 Å². The first-order valence-electron chi connectivity index (χ1n) is 11.3. The third kappa shape index (κ3) is 2.70. The summed E-state index contributed by atoms with van der Waals surface area (Å²) in [6.45, 7) is 4.81. The fourth-order valence-corrected chi connectivity index (χ4v) is 7.53. The van der Waals surface area contributed by atoms with Gasteiger partial charge in [-0.15, -0.1) is 0 Å². The van der Waals surface area contributed by atoms with Gasteiger partial charge in [-0.2, -0.15) is 0 Å². The van der Waals surface area contributed by atoms with Crippen LogP contribution in [0.5, 0.6) is 0 Å². The minimum absolute atomic E-state index is 0.103. The van der Waals surface area contributed by atoms with Gasteiger partial charge in [0.05, 0.1) is 12.0 Å². The molecule has 0 aromatic carbocycles. The zero-order valence-corrected chi connectivity index (χ0v) is 17.3. The molecule has 0 aliphatic heterocycles. The van der Waals surface area contributed by atoms with E-state index in [9.17, 15) is 10.2 Å². The molecule has 5 rings (SSSR count). The van der Waals surface area contributed by atoms with Crippen LogP contribution in [0.25, 0.3) is 0 Å². The molecular formula is C26H34O2. The lowest BCUT2D eigenvalue weighted by atomic mass is 9.47. The number of allylic oxidation sites excluding steroid dienone is 5. The highest BCUT2D eigenvalue weighted by Crippen LogP contribution is 2.65. The lowest BCUT2D eigenvalue weighted by molar-refractivity contribution is -0.0781. The van der Waals surface area contributed by atoms with Gasteiger partial charge in [-0.25, -0.2) is 0 Å². The maximum absolute atomic E-state index is 11.2. The van der Waals surface area contributed by atoms with Gasteiger partial charge in [0.1, 0.15) is 5.60 Å². The molecule has 3 saturated carbocycles. The van der Waals surface area contributed by atoms with Crippen molar-refractivity contribution in [3.63, 3.8) is 0 Å². The minimum Gasteiger partial charge on any atom is -0.393 e. The highest BCUT2D eigenvalue weighted by molar-refractivity contribution is 5.37. The zero-order chi connectivity index (χ0) is 19.6. The molecular weight excluding hydrogens is 344 g/mol. The van der Waals surface area contributed by atoms with Gasteiger partial charge in [-0.3, -0.25) is 0 Å². The Morgan fingerprint density at radius 1 is 0.964 bits per heavy atom. The van der Waals surface area contributed by atoms with Gasteiger partial charge in [-0.05, 0) is 86.0 Å². The Labute approximate surface area is 169 Å². The number of hydrogen-bond donors (Lipinski definition) is 2. The van der Waals surface area contributed by atoms with Gasteiger partial charge in [0, 0.05) is 0 Å². The fourth-order valence-electron chi connectivity index (χ4n) is 7.53. The number of aliphatic hydroxyl groups excluding tert-OH is 1. The van der Waals surface area contributed by atoms with Crippen LogP contribution in [0.1, 0.15) is 65.2 Å². The van der Waals surface area contributed by atoms with Crippen molar-refractivity contribution in [2.45, 2.75) is 76.9 Å². The standard InChI is InChI=1S/C26H34O2/c1-24-15-16-26(28,14-11-18-5-3-4-6-18)17-19(24)7-8-20-21-9-10-23(27)25(21,2)13-12-22(20)24/h3-6,17-18,20-23,27-28H,7-10,12-13,15-16H2,1-2H3/t20-,21-,22-,23?,24-,25-,26+/m0/s1. The SMILES string of the molecule is C[C@]12CC[C@](O)(C#CC3C=CC=C3)C=C1CC[C@@H]1[C@@H]2CC[C@]2(C)C(O)CC[C@@H]12. The monoisotopic (exact) mass is 378 g/mol. The molecule has 5 aliphatic rings. The van der Waals surface area contributed by atoms with Gasteiger partial charge in [0.2, 0.25) is 0 Å². The maximum atomic E-state index is 11.2. The largest absolute Gasteiger partial charge is 0.393 e. The van der Waals surface area contributed by atoms with Crippen molar-refractivity contribution in [2.24, 2.45) is 34.5 Å². The Hall–Kier alpha value is -1.30. The summed E-state index contributed by atoms with van der Waals surface area (Å²) in [7, 11) is 0. The van der Waals surface area contributed by atoms with E-state index in [0.717, 1.165) is 38.0 Å². The van der Waals surface area contributed by atoms with E-state index in [4.69, 9.17) is 0 Å². The van der Waals surface area contributed by atoms with Crippen LogP contribution < -0.4 is 0 Å². The van der Waals surface area contributed by atoms with Crippen molar-refractivity contribution >= 4 is 0 Å². The predicted molar refractivity (Wildman–Crippen MR) is 112 cm³/mol.